The number of nitrogens with one attached hydrogen (secondary N) is 1. The number of ether oxygens (including phenoxy) is 2. The van der Waals surface area contributed by atoms with Crippen LogP contribution in [-0.2, 0) is 0 Å². The lowest BCUT2D eigenvalue weighted by Crippen LogP contribution is -2.33. The Bertz CT molecular complexity index is 438. The molecule has 5 heteroatoms. The number of benzene rings is 1. The van der Waals surface area contributed by atoms with Gasteiger partial charge in [-0.3, -0.25) is 0 Å². The molecule has 0 aromatic heterocycles. The Morgan fingerprint density at radius 3 is 2.74 bits per heavy atom. The largest absolute Gasteiger partial charge is 0.489 e. The minimum absolute atomic E-state index is 0.0645. The van der Waals surface area contributed by atoms with E-state index in [1.54, 1.807) is 0 Å². The smallest absolute Gasteiger partial charge is 0.179 e. The van der Waals surface area contributed by atoms with Gasteiger partial charge in [-0.1, -0.05) is 25.4 Å². The molecule has 4 nitrogen and oxygen atoms in total. The second kappa shape index (κ2) is 6.46. The van der Waals surface area contributed by atoms with Crippen LogP contribution in [0.2, 0.25) is 5.02 Å². The molecule has 0 saturated carbocycles. The second-order valence-electron chi connectivity index (χ2n) is 4.99. The summed E-state index contributed by atoms with van der Waals surface area (Å²) in [5.41, 5.74) is 6.87. The molecule has 0 aliphatic carbocycles. The summed E-state index contributed by atoms with van der Waals surface area (Å²) in [6.07, 6.45) is 0.866. The Balaban J connectivity index is 2.31. The van der Waals surface area contributed by atoms with E-state index in [0.717, 1.165) is 12.0 Å². The molecule has 1 aromatic carbocycles. The van der Waals surface area contributed by atoms with Crippen LogP contribution in [0.1, 0.15) is 31.9 Å². The number of hydrogen-bond acceptors (Lipinski definition) is 4. The quantitative estimate of drug-likeness (QED) is 0.892. The third-order valence-electron chi connectivity index (χ3n) is 3.00. The summed E-state index contributed by atoms with van der Waals surface area (Å²) >= 11 is 6.28. The van der Waals surface area contributed by atoms with Crippen molar-refractivity contribution < 1.29 is 9.47 Å². The number of halogens is 1. The van der Waals surface area contributed by atoms with E-state index in [4.69, 9.17) is 26.8 Å². The fourth-order valence-electron chi connectivity index (χ4n) is 2.15. The fraction of sp³-hybridized carbons (Fsp3) is 0.571. The van der Waals surface area contributed by atoms with Gasteiger partial charge in [-0.05, 0) is 17.7 Å². The van der Waals surface area contributed by atoms with Crippen molar-refractivity contribution in [2.45, 2.75) is 32.4 Å². The van der Waals surface area contributed by atoms with Gasteiger partial charge in [-0.25, -0.2) is 0 Å². The van der Waals surface area contributed by atoms with Crippen molar-refractivity contribution >= 4 is 11.6 Å². The van der Waals surface area contributed by atoms with Gasteiger partial charge in [0, 0.05) is 25.0 Å². The Kier molecular flexibility index (Phi) is 4.91. The van der Waals surface area contributed by atoms with E-state index >= 15 is 0 Å². The van der Waals surface area contributed by atoms with Crippen molar-refractivity contribution in [3.05, 3.63) is 22.7 Å². The monoisotopic (exact) mass is 284 g/mol. The molecule has 1 unspecified atom stereocenters. The second-order valence-corrected chi connectivity index (χ2v) is 5.40. The maximum atomic E-state index is 6.28. The van der Waals surface area contributed by atoms with Gasteiger partial charge in [0.15, 0.2) is 11.5 Å². The zero-order chi connectivity index (χ0) is 13.8. The van der Waals surface area contributed by atoms with Gasteiger partial charge in [0.25, 0.3) is 0 Å². The Labute approximate surface area is 119 Å². The summed E-state index contributed by atoms with van der Waals surface area (Å²) in [5.74, 6) is 1.35. The predicted molar refractivity (Wildman–Crippen MR) is 77.1 cm³/mol. The van der Waals surface area contributed by atoms with Crippen LogP contribution >= 0.6 is 11.6 Å². The van der Waals surface area contributed by atoms with Crippen LogP contribution in [0.15, 0.2) is 12.1 Å². The molecule has 0 fully saturated rings. The molecule has 1 aliphatic heterocycles. The number of rotatable bonds is 4. The van der Waals surface area contributed by atoms with E-state index < -0.39 is 0 Å². The van der Waals surface area contributed by atoms with E-state index in [1.807, 2.05) is 12.1 Å². The van der Waals surface area contributed by atoms with Gasteiger partial charge in [-0.2, -0.15) is 0 Å². The SMILES string of the molecule is CC(C)NC(CN)c1cc(Cl)c2c(c1)OCCCO2. The Morgan fingerprint density at radius 2 is 2.05 bits per heavy atom. The fourth-order valence-corrected chi connectivity index (χ4v) is 2.43. The van der Waals surface area contributed by atoms with Gasteiger partial charge in [0.2, 0.25) is 0 Å². The van der Waals surface area contributed by atoms with Crippen LogP contribution in [0.5, 0.6) is 11.5 Å². The molecular formula is C14H21ClN2O2. The molecule has 19 heavy (non-hydrogen) atoms. The molecule has 0 bridgehead atoms. The van der Waals surface area contributed by atoms with Crippen LogP contribution in [0, 0.1) is 0 Å². The van der Waals surface area contributed by atoms with Crippen LogP contribution in [0.3, 0.4) is 0 Å². The predicted octanol–water partition coefficient (Wildman–Crippen LogP) is 2.50. The molecule has 3 N–H and O–H groups in total. The highest BCUT2D eigenvalue weighted by molar-refractivity contribution is 6.32. The van der Waals surface area contributed by atoms with E-state index in [9.17, 15) is 0 Å². The molecule has 106 valence electrons. The lowest BCUT2D eigenvalue weighted by Gasteiger charge is -2.21. The molecule has 0 saturated heterocycles. The average Bonchev–Trinajstić information content (AvgIpc) is 2.61. The highest BCUT2D eigenvalue weighted by Crippen LogP contribution is 2.39. The first kappa shape index (κ1) is 14.4. The van der Waals surface area contributed by atoms with Crippen LogP contribution in [0.4, 0.5) is 0 Å². The molecule has 0 spiro atoms. The maximum Gasteiger partial charge on any atom is 0.179 e. The molecule has 1 aromatic rings. The Morgan fingerprint density at radius 1 is 1.32 bits per heavy atom. The lowest BCUT2D eigenvalue weighted by atomic mass is 10.1. The summed E-state index contributed by atoms with van der Waals surface area (Å²) in [7, 11) is 0. The lowest BCUT2D eigenvalue weighted by molar-refractivity contribution is 0.297. The van der Waals surface area contributed by atoms with E-state index in [2.05, 4.69) is 19.2 Å². The van der Waals surface area contributed by atoms with E-state index in [-0.39, 0.29) is 6.04 Å². The standard InChI is InChI=1S/C14H21ClN2O2/c1-9(2)17-12(8-16)10-6-11(15)14-13(7-10)18-4-3-5-19-14/h6-7,9,12,17H,3-5,8,16H2,1-2H3. The van der Waals surface area contributed by atoms with Crippen molar-refractivity contribution in [2.75, 3.05) is 19.8 Å². The molecule has 1 atom stereocenters. The molecular weight excluding hydrogens is 264 g/mol. The van der Waals surface area contributed by atoms with E-state index in [1.165, 1.54) is 0 Å². The topological polar surface area (TPSA) is 56.5 Å². The molecule has 0 radical (unpaired) electrons. The molecule has 1 heterocycles. The van der Waals surface area contributed by atoms with Crippen LogP contribution in [0.25, 0.3) is 0 Å². The third-order valence-corrected chi connectivity index (χ3v) is 3.28. The highest BCUT2D eigenvalue weighted by Gasteiger charge is 2.19. The number of fused-ring (bicyclic) bond motifs is 1. The van der Waals surface area contributed by atoms with Gasteiger partial charge in [0.1, 0.15) is 0 Å². The minimum atomic E-state index is 0.0645. The van der Waals surface area contributed by atoms with Crippen molar-refractivity contribution in [2.24, 2.45) is 5.73 Å². The first-order valence-electron chi connectivity index (χ1n) is 6.67. The number of nitrogens with two attached hydrogens (primary N) is 1. The molecule has 0 amide bonds. The van der Waals surface area contributed by atoms with Gasteiger partial charge in [0.05, 0.1) is 18.2 Å². The zero-order valence-electron chi connectivity index (χ0n) is 11.4. The van der Waals surface area contributed by atoms with Crippen LogP contribution in [-0.4, -0.2) is 25.8 Å². The van der Waals surface area contributed by atoms with Crippen LogP contribution < -0.4 is 20.5 Å². The first-order valence-corrected chi connectivity index (χ1v) is 7.04. The zero-order valence-corrected chi connectivity index (χ0v) is 12.2. The molecule has 2 rings (SSSR count). The Hall–Kier alpha value is -0.970. The number of hydrogen-bond donors (Lipinski definition) is 2. The van der Waals surface area contributed by atoms with Crippen molar-refractivity contribution in [3.63, 3.8) is 0 Å². The van der Waals surface area contributed by atoms with Crippen molar-refractivity contribution in [1.82, 2.24) is 5.32 Å². The van der Waals surface area contributed by atoms with Crippen molar-refractivity contribution in [1.29, 1.82) is 0 Å². The average molecular weight is 285 g/mol. The highest BCUT2D eigenvalue weighted by atomic mass is 35.5. The van der Waals surface area contributed by atoms with E-state index in [0.29, 0.717) is 42.3 Å². The summed E-state index contributed by atoms with van der Waals surface area (Å²) in [6.45, 7) is 5.98. The summed E-state index contributed by atoms with van der Waals surface area (Å²) < 4.78 is 11.3. The molecule has 1 aliphatic rings. The minimum Gasteiger partial charge on any atom is -0.489 e. The van der Waals surface area contributed by atoms with Crippen molar-refractivity contribution in [3.8, 4) is 11.5 Å². The summed E-state index contributed by atoms with van der Waals surface area (Å²) in [6, 6.07) is 4.29. The van der Waals surface area contributed by atoms with Gasteiger partial charge in [-0.15, -0.1) is 0 Å². The third kappa shape index (κ3) is 3.53. The first-order chi connectivity index (χ1) is 9.11. The normalized spacial score (nSPS) is 16.3. The maximum absolute atomic E-state index is 6.28. The summed E-state index contributed by atoms with van der Waals surface area (Å²) in [4.78, 5) is 0. The van der Waals surface area contributed by atoms with Gasteiger partial charge < -0.3 is 20.5 Å². The van der Waals surface area contributed by atoms with Gasteiger partial charge >= 0.3 is 0 Å². The summed E-state index contributed by atoms with van der Waals surface area (Å²) in [5, 5.41) is 4.00.